The standard InChI is InChI=1S/C14H17N3O/c1-3-5-12-13(7-9-18-2)17-14(16-12)11-6-4-8-15-10-11/h4-8,10H,3,9H2,1-2H3,(H,16,17)/b12-5+,13-7+. The summed E-state index contributed by atoms with van der Waals surface area (Å²) in [7, 11) is 1.67. The molecule has 0 aliphatic rings. The van der Waals surface area contributed by atoms with E-state index in [9.17, 15) is 0 Å². The van der Waals surface area contributed by atoms with E-state index in [0.29, 0.717) is 6.61 Å². The summed E-state index contributed by atoms with van der Waals surface area (Å²) in [5.74, 6) is 0.838. The number of aromatic nitrogens is 3. The average molecular weight is 243 g/mol. The van der Waals surface area contributed by atoms with E-state index in [0.717, 1.165) is 28.5 Å². The van der Waals surface area contributed by atoms with Crippen molar-refractivity contribution < 1.29 is 4.74 Å². The van der Waals surface area contributed by atoms with Crippen molar-refractivity contribution in [3.05, 3.63) is 35.2 Å². The minimum atomic E-state index is 0.557. The lowest BCUT2D eigenvalue weighted by Gasteiger charge is -1.92. The first-order chi connectivity index (χ1) is 8.85. The van der Waals surface area contributed by atoms with Crippen molar-refractivity contribution >= 4 is 12.2 Å². The Labute approximate surface area is 106 Å². The van der Waals surface area contributed by atoms with Gasteiger partial charge in [-0.2, -0.15) is 0 Å². The van der Waals surface area contributed by atoms with Crippen LogP contribution < -0.4 is 10.7 Å². The summed E-state index contributed by atoms with van der Waals surface area (Å²) in [6, 6.07) is 3.89. The second-order valence-electron chi connectivity index (χ2n) is 3.90. The molecular weight excluding hydrogens is 226 g/mol. The third kappa shape index (κ3) is 2.84. The number of pyridine rings is 1. The van der Waals surface area contributed by atoms with Crippen LogP contribution in [0.25, 0.3) is 23.5 Å². The summed E-state index contributed by atoms with van der Waals surface area (Å²) in [5.41, 5.74) is 0.986. The molecule has 1 N–H and O–H groups in total. The summed E-state index contributed by atoms with van der Waals surface area (Å²) >= 11 is 0. The predicted octanol–water partition coefficient (Wildman–Crippen LogP) is 1.09. The molecule has 0 amide bonds. The Morgan fingerprint density at radius 1 is 1.39 bits per heavy atom. The van der Waals surface area contributed by atoms with E-state index in [1.807, 2.05) is 18.2 Å². The second kappa shape index (κ2) is 6.12. The summed E-state index contributed by atoms with van der Waals surface area (Å²) < 4.78 is 5.06. The van der Waals surface area contributed by atoms with E-state index in [4.69, 9.17) is 4.74 Å². The van der Waals surface area contributed by atoms with E-state index >= 15 is 0 Å². The topological polar surface area (TPSA) is 50.8 Å². The van der Waals surface area contributed by atoms with Crippen LogP contribution in [0.2, 0.25) is 0 Å². The van der Waals surface area contributed by atoms with Crippen molar-refractivity contribution in [1.82, 2.24) is 15.0 Å². The van der Waals surface area contributed by atoms with Crippen molar-refractivity contribution in [3.8, 4) is 11.4 Å². The first-order valence-electron chi connectivity index (χ1n) is 6.01. The monoisotopic (exact) mass is 243 g/mol. The van der Waals surface area contributed by atoms with Crippen molar-refractivity contribution in [3.63, 3.8) is 0 Å². The molecule has 2 aromatic rings. The Morgan fingerprint density at radius 3 is 2.94 bits per heavy atom. The zero-order chi connectivity index (χ0) is 12.8. The average Bonchev–Trinajstić information content (AvgIpc) is 2.81. The third-order valence-corrected chi connectivity index (χ3v) is 2.55. The fraction of sp³-hybridized carbons (Fsp3) is 0.286. The van der Waals surface area contributed by atoms with Crippen LogP contribution >= 0.6 is 0 Å². The fourth-order valence-electron chi connectivity index (χ4n) is 1.72. The number of methoxy groups -OCH3 is 1. The highest BCUT2D eigenvalue weighted by Gasteiger charge is 2.01. The minimum absolute atomic E-state index is 0.557. The van der Waals surface area contributed by atoms with Gasteiger partial charge in [0.15, 0.2) is 0 Å². The molecule has 0 unspecified atom stereocenters. The molecule has 2 rings (SSSR count). The Balaban J connectivity index is 2.50. The maximum absolute atomic E-state index is 5.06. The molecule has 0 atom stereocenters. The van der Waals surface area contributed by atoms with E-state index in [-0.39, 0.29) is 0 Å². The smallest absolute Gasteiger partial charge is 0.140 e. The number of rotatable bonds is 4. The van der Waals surface area contributed by atoms with Crippen LogP contribution in [0.3, 0.4) is 0 Å². The number of H-pyrrole nitrogens is 1. The van der Waals surface area contributed by atoms with Gasteiger partial charge < -0.3 is 9.72 Å². The highest BCUT2D eigenvalue weighted by atomic mass is 16.5. The van der Waals surface area contributed by atoms with Crippen molar-refractivity contribution in [2.75, 3.05) is 13.7 Å². The van der Waals surface area contributed by atoms with Crippen LogP contribution in [0.15, 0.2) is 24.5 Å². The molecule has 0 radical (unpaired) electrons. The zero-order valence-corrected chi connectivity index (χ0v) is 10.7. The summed E-state index contributed by atoms with van der Waals surface area (Å²) in [4.78, 5) is 12.0. The minimum Gasteiger partial charge on any atom is -0.381 e. The Kier molecular flexibility index (Phi) is 4.25. The van der Waals surface area contributed by atoms with Crippen LogP contribution in [0.4, 0.5) is 0 Å². The lowest BCUT2D eigenvalue weighted by molar-refractivity contribution is 0.243. The molecule has 0 aliphatic carbocycles. The van der Waals surface area contributed by atoms with Gasteiger partial charge in [-0.05, 0) is 24.6 Å². The first kappa shape index (κ1) is 12.5. The van der Waals surface area contributed by atoms with Crippen LogP contribution in [0, 0.1) is 0 Å². The number of ether oxygens (including phenoxy) is 1. The zero-order valence-electron chi connectivity index (χ0n) is 10.7. The van der Waals surface area contributed by atoms with Gasteiger partial charge in [0.05, 0.1) is 17.3 Å². The highest BCUT2D eigenvalue weighted by Crippen LogP contribution is 2.08. The number of aromatic amines is 1. The van der Waals surface area contributed by atoms with Gasteiger partial charge in [-0.1, -0.05) is 13.0 Å². The fourth-order valence-corrected chi connectivity index (χ4v) is 1.72. The van der Waals surface area contributed by atoms with Crippen molar-refractivity contribution in [1.29, 1.82) is 0 Å². The van der Waals surface area contributed by atoms with Crippen molar-refractivity contribution in [2.24, 2.45) is 0 Å². The van der Waals surface area contributed by atoms with Gasteiger partial charge in [-0.25, -0.2) is 4.98 Å². The van der Waals surface area contributed by atoms with Crippen molar-refractivity contribution in [2.45, 2.75) is 13.3 Å². The van der Waals surface area contributed by atoms with Gasteiger partial charge in [0.1, 0.15) is 5.82 Å². The van der Waals surface area contributed by atoms with Gasteiger partial charge in [0, 0.05) is 25.1 Å². The van der Waals surface area contributed by atoms with Gasteiger partial charge in [-0.3, -0.25) is 4.98 Å². The first-order valence-corrected chi connectivity index (χ1v) is 6.01. The Morgan fingerprint density at radius 2 is 2.28 bits per heavy atom. The van der Waals surface area contributed by atoms with Gasteiger partial charge in [-0.15, -0.1) is 0 Å². The number of nitrogens with one attached hydrogen (secondary N) is 1. The van der Waals surface area contributed by atoms with E-state index < -0.39 is 0 Å². The summed E-state index contributed by atoms with van der Waals surface area (Å²) in [5, 5.41) is 1.96. The third-order valence-electron chi connectivity index (χ3n) is 2.55. The maximum Gasteiger partial charge on any atom is 0.140 e. The van der Waals surface area contributed by atoms with E-state index in [1.54, 1.807) is 19.5 Å². The molecule has 4 heteroatoms. The molecule has 94 valence electrons. The number of hydrogen-bond donors (Lipinski definition) is 1. The molecule has 18 heavy (non-hydrogen) atoms. The molecule has 0 saturated heterocycles. The summed E-state index contributed by atoms with van der Waals surface area (Å²) in [6.07, 6.45) is 8.60. The number of imidazole rings is 1. The molecule has 0 aliphatic heterocycles. The number of nitrogens with zero attached hydrogens (tertiary/aromatic N) is 2. The molecule has 2 aromatic heterocycles. The molecule has 0 aromatic carbocycles. The van der Waals surface area contributed by atoms with Crippen LogP contribution in [0.1, 0.15) is 13.3 Å². The second-order valence-corrected chi connectivity index (χ2v) is 3.90. The van der Waals surface area contributed by atoms with Gasteiger partial charge in [0.25, 0.3) is 0 Å². The lowest BCUT2D eigenvalue weighted by Crippen LogP contribution is -2.24. The maximum atomic E-state index is 5.06. The molecule has 0 saturated carbocycles. The summed E-state index contributed by atoms with van der Waals surface area (Å²) in [6.45, 7) is 2.66. The lowest BCUT2D eigenvalue weighted by atomic mass is 10.3. The number of hydrogen-bond acceptors (Lipinski definition) is 3. The quantitative estimate of drug-likeness (QED) is 0.874. The van der Waals surface area contributed by atoms with E-state index in [1.165, 1.54) is 0 Å². The van der Waals surface area contributed by atoms with Gasteiger partial charge in [0.2, 0.25) is 0 Å². The predicted molar refractivity (Wildman–Crippen MR) is 72.2 cm³/mol. The molecule has 0 spiro atoms. The van der Waals surface area contributed by atoms with Crippen LogP contribution in [0.5, 0.6) is 0 Å². The van der Waals surface area contributed by atoms with E-state index in [2.05, 4.69) is 28.0 Å². The van der Waals surface area contributed by atoms with Crippen LogP contribution in [-0.2, 0) is 4.74 Å². The molecule has 0 fully saturated rings. The molecule has 2 heterocycles. The normalized spacial score (nSPS) is 13.2. The van der Waals surface area contributed by atoms with Crippen LogP contribution in [-0.4, -0.2) is 28.7 Å². The Bertz CT molecular complexity index is 602. The molecule has 4 nitrogen and oxygen atoms in total. The van der Waals surface area contributed by atoms with Gasteiger partial charge >= 0.3 is 0 Å². The molecule has 0 bridgehead atoms. The SMILES string of the molecule is CC/C=c1/[nH]c(-c2cccnc2)n/c1=C/COC. The Hall–Kier alpha value is -1.94. The highest BCUT2D eigenvalue weighted by molar-refractivity contribution is 5.53. The largest absolute Gasteiger partial charge is 0.381 e. The molecular formula is C14H17N3O.